The number of carbonyl (C=O) groups excluding carboxylic acids is 2. The smallest absolute Gasteiger partial charge is 0.261 e. The first-order valence-electron chi connectivity index (χ1n) is 13.7. The highest BCUT2D eigenvalue weighted by atomic mass is 79.9. The Bertz CT molecular complexity index is 1470. The van der Waals surface area contributed by atoms with Crippen LogP contribution in [0.25, 0.3) is 10.8 Å². The lowest BCUT2D eigenvalue weighted by molar-refractivity contribution is -0.143. The molecule has 7 heteroatoms. The monoisotopic (exact) mass is 618 g/mol. The van der Waals surface area contributed by atoms with Gasteiger partial charge in [0.1, 0.15) is 11.8 Å². The van der Waals surface area contributed by atoms with Crippen LogP contribution in [0.15, 0.2) is 95.5 Å². The third-order valence-electron chi connectivity index (χ3n) is 7.45. The largest absolute Gasteiger partial charge is 0.483 e. The van der Waals surface area contributed by atoms with Crippen LogP contribution in [0.5, 0.6) is 5.75 Å². The van der Waals surface area contributed by atoms with E-state index in [9.17, 15) is 9.59 Å². The fourth-order valence-corrected chi connectivity index (χ4v) is 6.08. The van der Waals surface area contributed by atoms with Crippen molar-refractivity contribution in [2.45, 2.75) is 50.7 Å². The lowest BCUT2D eigenvalue weighted by Crippen LogP contribution is -2.53. The summed E-state index contributed by atoms with van der Waals surface area (Å²) in [5.41, 5.74) is 1.75. The lowest BCUT2D eigenvalue weighted by Gasteiger charge is -2.32. The van der Waals surface area contributed by atoms with E-state index < -0.39 is 6.04 Å². The molecule has 5 rings (SSSR count). The molecule has 0 unspecified atom stereocenters. The third kappa shape index (κ3) is 6.86. The van der Waals surface area contributed by atoms with Crippen molar-refractivity contribution >= 4 is 50.1 Å². The van der Waals surface area contributed by atoms with Gasteiger partial charge in [-0.1, -0.05) is 103 Å². The Morgan fingerprint density at radius 1 is 0.925 bits per heavy atom. The minimum Gasteiger partial charge on any atom is -0.483 e. The summed E-state index contributed by atoms with van der Waals surface area (Å²) in [4.78, 5) is 29.4. The first kappa shape index (κ1) is 28.2. The Kier molecular flexibility index (Phi) is 9.40. The number of hydrogen-bond donors (Lipinski definition) is 1. The molecule has 5 nitrogen and oxygen atoms in total. The van der Waals surface area contributed by atoms with E-state index in [2.05, 4.69) is 21.2 Å². The predicted octanol–water partition coefficient (Wildman–Crippen LogP) is 7.33. The van der Waals surface area contributed by atoms with Crippen molar-refractivity contribution in [3.63, 3.8) is 0 Å². The van der Waals surface area contributed by atoms with Crippen LogP contribution in [0.4, 0.5) is 0 Å². The van der Waals surface area contributed by atoms with Gasteiger partial charge in [-0.25, -0.2) is 0 Å². The zero-order valence-corrected chi connectivity index (χ0v) is 24.5. The molecular formula is C33H32BrClN2O3. The molecule has 0 radical (unpaired) electrons. The number of benzene rings is 4. The molecule has 1 aliphatic carbocycles. The van der Waals surface area contributed by atoms with Crippen molar-refractivity contribution in [1.82, 2.24) is 10.2 Å². The molecule has 0 spiro atoms. The van der Waals surface area contributed by atoms with E-state index >= 15 is 0 Å². The highest BCUT2D eigenvalue weighted by molar-refractivity contribution is 9.10. The average Bonchev–Trinajstić information content (AvgIpc) is 3.49. The van der Waals surface area contributed by atoms with E-state index in [-0.39, 0.29) is 31.0 Å². The van der Waals surface area contributed by atoms with Gasteiger partial charge in [0, 0.05) is 24.0 Å². The van der Waals surface area contributed by atoms with Gasteiger partial charge in [-0.15, -0.1) is 0 Å². The molecule has 4 aromatic carbocycles. The second-order valence-corrected chi connectivity index (χ2v) is 11.4. The van der Waals surface area contributed by atoms with E-state index in [0.29, 0.717) is 17.2 Å². The van der Waals surface area contributed by atoms with Gasteiger partial charge in [-0.2, -0.15) is 0 Å². The van der Waals surface area contributed by atoms with Gasteiger partial charge >= 0.3 is 0 Å². The van der Waals surface area contributed by atoms with Gasteiger partial charge in [0.15, 0.2) is 6.61 Å². The van der Waals surface area contributed by atoms with Crippen LogP contribution in [0.2, 0.25) is 5.02 Å². The maximum absolute atomic E-state index is 13.9. The summed E-state index contributed by atoms with van der Waals surface area (Å²) in [5, 5.41) is 5.84. The summed E-state index contributed by atoms with van der Waals surface area (Å²) in [5.74, 6) is 0.130. The number of nitrogens with zero attached hydrogens (tertiary/aromatic N) is 1. The minimum absolute atomic E-state index is 0.132. The van der Waals surface area contributed by atoms with Crippen LogP contribution < -0.4 is 10.1 Å². The standard InChI is InChI=1S/C33H32BrClN2O3/c34-32-27-16-8-4-12-24(27)18-19-30(32)40-22-31(38)37(21-25-13-5-9-17-28(25)35)29(20-23-10-2-1-3-11-23)33(39)36-26-14-6-7-15-26/h1-5,8-13,16-19,26,29H,6-7,14-15,20-22H2,(H,36,39)/t29-/m1/s1. The molecule has 1 atom stereocenters. The number of carbonyl (C=O) groups is 2. The number of fused-ring (bicyclic) bond motifs is 1. The second-order valence-electron chi connectivity index (χ2n) is 10.2. The molecule has 2 amide bonds. The van der Waals surface area contributed by atoms with Crippen LogP contribution >= 0.6 is 27.5 Å². The Labute approximate surface area is 248 Å². The molecule has 0 aliphatic heterocycles. The molecule has 1 fully saturated rings. The number of hydrogen-bond acceptors (Lipinski definition) is 3. The Morgan fingerprint density at radius 3 is 2.40 bits per heavy atom. The zero-order chi connectivity index (χ0) is 27.9. The van der Waals surface area contributed by atoms with Crippen molar-refractivity contribution in [3.05, 3.63) is 112 Å². The first-order chi connectivity index (χ1) is 19.5. The van der Waals surface area contributed by atoms with Gasteiger partial charge < -0.3 is 15.0 Å². The molecule has 1 aliphatic rings. The summed E-state index contributed by atoms with van der Waals surface area (Å²) in [7, 11) is 0. The Morgan fingerprint density at radius 2 is 1.62 bits per heavy atom. The van der Waals surface area contributed by atoms with E-state index in [1.807, 2.05) is 84.9 Å². The van der Waals surface area contributed by atoms with Crippen molar-refractivity contribution < 1.29 is 14.3 Å². The quantitative estimate of drug-likeness (QED) is 0.202. The van der Waals surface area contributed by atoms with Crippen LogP contribution in [-0.2, 0) is 22.6 Å². The molecule has 206 valence electrons. The number of halogens is 2. The zero-order valence-electron chi connectivity index (χ0n) is 22.2. The lowest BCUT2D eigenvalue weighted by atomic mass is 10.0. The van der Waals surface area contributed by atoms with Crippen molar-refractivity contribution in [2.75, 3.05) is 6.61 Å². The molecule has 0 heterocycles. The molecule has 0 bridgehead atoms. The van der Waals surface area contributed by atoms with Gasteiger partial charge in [0.2, 0.25) is 5.91 Å². The maximum Gasteiger partial charge on any atom is 0.261 e. The molecule has 4 aromatic rings. The molecule has 0 saturated heterocycles. The van der Waals surface area contributed by atoms with Gasteiger partial charge in [0.25, 0.3) is 5.91 Å². The van der Waals surface area contributed by atoms with E-state index in [0.717, 1.165) is 52.1 Å². The highest BCUT2D eigenvalue weighted by Gasteiger charge is 2.32. The fraction of sp³-hybridized carbons (Fsp3) is 0.273. The summed E-state index contributed by atoms with van der Waals surface area (Å²) in [6, 6.07) is 28.4. The maximum atomic E-state index is 13.9. The second kappa shape index (κ2) is 13.3. The SMILES string of the molecule is O=C(NC1CCCC1)[C@@H](Cc1ccccc1)N(Cc1ccccc1Cl)C(=O)COc1ccc2ccccc2c1Br. The average molecular weight is 620 g/mol. The fourth-order valence-electron chi connectivity index (χ4n) is 5.28. The van der Waals surface area contributed by atoms with Crippen LogP contribution in [-0.4, -0.2) is 35.4 Å². The van der Waals surface area contributed by atoms with Crippen molar-refractivity contribution in [1.29, 1.82) is 0 Å². The summed E-state index contributed by atoms with van der Waals surface area (Å²) >= 11 is 10.2. The molecule has 40 heavy (non-hydrogen) atoms. The van der Waals surface area contributed by atoms with E-state index in [1.165, 1.54) is 0 Å². The Hall–Kier alpha value is -3.35. The Balaban J connectivity index is 1.44. The topological polar surface area (TPSA) is 58.6 Å². The first-order valence-corrected chi connectivity index (χ1v) is 14.8. The molecule has 1 saturated carbocycles. The molecule has 1 N–H and O–H groups in total. The van der Waals surface area contributed by atoms with Gasteiger partial charge in [0.05, 0.1) is 4.47 Å². The highest BCUT2D eigenvalue weighted by Crippen LogP contribution is 2.33. The molecule has 0 aromatic heterocycles. The van der Waals surface area contributed by atoms with E-state index in [1.54, 1.807) is 11.0 Å². The summed E-state index contributed by atoms with van der Waals surface area (Å²) in [6.45, 7) is -0.0280. The predicted molar refractivity (Wildman–Crippen MR) is 163 cm³/mol. The summed E-state index contributed by atoms with van der Waals surface area (Å²) < 4.78 is 6.85. The van der Waals surface area contributed by atoms with Crippen LogP contribution in [0.3, 0.4) is 0 Å². The summed E-state index contributed by atoms with van der Waals surface area (Å²) in [6.07, 6.45) is 4.51. The number of nitrogens with one attached hydrogen (secondary N) is 1. The van der Waals surface area contributed by atoms with Crippen LogP contribution in [0, 0.1) is 0 Å². The van der Waals surface area contributed by atoms with E-state index in [4.69, 9.17) is 16.3 Å². The van der Waals surface area contributed by atoms with Gasteiger partial charge in [-0.3, -0.25) is 9.59 Å². The molecular weight excluding hydrogens is 588 g/mol. The van der Waals surface area contributed by atoms with Crippen molar-refractivity contribution in [2.24, 2.45) is 0 Å². The number of ether oxygens (including phenoxy) is 1. The number of rotatable bonds is 10. The minimum atomic E-state index is -0.726. The van der Waals surface area contributed by atoms with Crippen LogP contribution in [0.1, 0.15) is 36.8 Å². The number of amides is 2. The van der Waals surface area contributed by atoms with Crippen molar-refractivity contribution in [3.8, 4) is 5.75 Å². The normalized spacial score (nSPS) is 14.2. The third-order valence-corrected chi connectivity index (χ3v) is 8.64. The van der Waals surface area contributed by atoms with Gasteiger partial charge in [-0.05, 0) is 62.8 Å².